The zero-order valence-corrected chi connectivity index (χ0v) is 21.4. The Morgan fingerprint density at radius 2 is 1.91 bits per heavy atom. The predicted octanol–water partition coefficient (Wildman–Crippen LogP) is 3.85. The van der Waals surface area contributed by atoms with E-state index in [4.69, 9.17) is 14.2 Å². The van der Waals surface area contributed by atoms with Gasteiger partial charge in [0.05, 0.1) is 6.10 Å². The molecule has 4 aliphatic carbocycles. The molecule has 7 nitrogen and oxygen atoms in total. The van der Waals surface area contributed by atoms with E-state index in [0.717, 1.165) is 5.57 Å². The largest absolute Gasteiger partial charge is 0.458 e. The Morgan fingerprint density at radius 3 is 2.60 bits per heavy atom. The molecule has 0 aromatic rings. The molecular weight excluding hydrogens is 455 g/mol. The Labute approximate surface area is 206 Å². The highest BCUT2D eigenvalue weighted by Crippen LogP contribution is 2.70. The fourth-order valence-corrected chi connectivity index (χ4v) is 8.03. The first-order valence-electron chi connectivity index (χ1n) is 12.9. The summed E-state index contributed by atoms with van der Waals surface area (Å²) < 4.78 is 33.8. The van der Waals surface area contributed by atoms with Crippen LogP contribution in [0.15, 0.2) is 11.6 Å². The van der Waals surface area contributed by atoms with Crippen LogP contribution in [0.1, 0.15) is 78.6 Å². The number of carbonyl (C=O) groups excluding carboxylic acids is 3. The molecule has 0 aliphatic heterocycles. The Morgan fingerprint density at radius 1 is 1.17 bits per heavy atom. The maximum absolute atomic E-state index is 17.3. The minimum Gasteiger partial charge on any atom is -0.458 e. The summed E-state index contributed by atoms with van der Waals surface area (Å²) in [5, 5.41) is 11.5. The quantitative estimate of drug-likeness (QED) is 0.404. The average Bonchev–Trinajstić information content (AvgIpc) is 3.10. The highest BCUT2D eigenvalue weighted by Gasteiger charge is 2.75. The van der Waals surface area contributed by atoms with Gasteiger partial charge in [-0.25, -0.2) is 4.39 Å². The molecule has 0 radical (unpaired) electrons. The lowest BCUT2D eigenvalue weighted by Crippen LogP contribution is -2.70. The smallest absolute Gasteiger partial charge is 0.306 e. The number of Topliss-reactive ketones (excluding diaryl/α,β-unsaturated/α-hetero) is 1. The van der Waals surface area contributed by atoms with Crippen LogP contribution in [0.5, 0.6) is 0 Å². The molecule has 8 heteroatoms. The third-order valence-corrected chi connectivity index (χ3v) is 9.85. The van der Waals surface area contributed by atoms with Crippen molar-refractivity contribution in [3.63, 3.8) is 0 Å². The number of alkyl halides is 1. The first kappa shape index (κ1) is 26.4. The van der Waals surface area contributed by atoms with Gasteiger partial charge in [-0.1, -0.05) is 26.3 Å². The minimum atomic E-state index is -1.89. The van der Waals surface area contributed by atoms with E-state index >= 15 is 4.39 Å². The molecule has 4 aliphatic rings. The van der Waals surface area contributed by atoms with Gasteiger partial charge in [-0.05, 0) is 56.9 Å². The third kappa shape index (κ3) is 3.74. The number of hydrogen-bond donors (Lipinski definition) is 1. The molecule has 0 aromatic heterocycles. The second-order valence-electron chi connectivity index (χ2n) is 11.4. The van der Waals surface area contributed by atoms with Crippen molar-refractivity contribution in [2.24, 2.45) is 22.7 Å². The molecule has 1 unspecified atom stereocenters. The van der Waals surface area contributed by atoms with Crippen LogP contribution in [-0.4, -0.2) is 60.5 Å². The standard InChI is InChI=1S/C27H39FO7/c1-5-6-23(32)34-15-22(31)26(35-16-33-4)12-10-19-20-8-7-17-13-18(29)9-11-24(17,2)27(20,28)21(30)14-25(19,26)3/h13,19-21,30H,5-12,14-16H2,1-4H3/t19-,20-,21-,24-,25-,26?,27-/m0/s1. The first-order chi connectivity index (χ1) is 16.5. The molecule has 0 spiro atoms. The van der Waals surface area contributed by atoms with Crippen LogP contribution in [0, 0.1) is 22.7 Å². The summed E-state index contributed by atoms with van der Waals surface area (Å²) in [6, 6.07) is 0. The summed E-state index contributed by atoms with van der Waals surface area (Å²) in [5.41, 5.74) is -4.21. The van der Waals surface area contributed by atoms with E-state index in [1.807, 2.05) is 20.8 Å². The van der Waals surface area contributed by atoms with Gasteiger partial charge in [-0.2, -0.15) is 0 Å². The summed E-state index contributed by atoms with van der Waals surface area (Å²) in [6.45, 7) is 5.07. The zero-order valence-electron chi connectivity index (χ0n) is 21.4. The van der Waals surface area contributed by atoms with Crippen molar-refractivity contribution in [2.45, 2.75) is 95.9 Å². The zero-order chi connectivity index (χ0) is 25.6. The monoisotopic (exact) mass is 494 g/mol. The second-order valence-corrected chi connectivity index (χ2v) is 11.4. The number of aliphatic hydroxyl groups is 1. The average molecular weight is 495 g/mol. The highest BCUT2D eigenvalue weighted by atomic mass is 19.1. The summed E-state index contributed by atoms with van der Waals surface area (Å²) in [7, 11) is 1.47. The summed E-state index contributed by atoms with van der Waals surface area (Å²) in [4.78, 5) is 37.7. The number of halogens is 1. The number of ketones is 2. The van der Waals surface area contributed by atoms with Gasteiger partial charge < -0.3 is 19.3 Å². The van der Waals surface area contributed by atoms with E-state index in [-0.39, 0.29) is 43.5 Å². The molecule has 7 atom stereocenters. The lowest BCUT2D eigenvalue weighted by molar-refractivity contribution is -0.244. The first-order valence-corrected chi connectivity index (χ1v) is 12.9. The van der Waals surface area contributed by atoms with Crippen LogP contribution in [0.4, 0.5) is 4.39 Å². The van der Waals surface area contributed by atoms with Crippen LogP contribution < -0.4 is 0 Å². The molecule has 1 N–H and O–H groups in total. The lowest BCUT2D eigenvalue weighted by Gasteiger charge is -2.63. The Kier molecular flexibility index (Phi) is 7.05. The van der Waals surface area contributed by atoms with E-state index < -0.39 is 46.7 Å². The highest BCUT2D eigenvalue weighted by molar-refractivity contribution is 5.92. The van der Waals surface area contributed by atoms with Crippen LogP contribution in [0.2, 0.25) is 0 Å². The van der Waals surface area contributed by atoms with Crippen molar-refractivity contribution >= 4 is 17.5 Å². The number of esters is 1. The number of methoxy groups -OCH3 is 1. The van der Waals surface area contributed by atoms with E-state index in [1.165, 1.54) is 7.11 Å². The van der Waals surface area contributed by atoms with Gasteiger partial charge in [-0.15, -0.1) is 0 Å². The fourth-order valence-electron chi connectivity index (χ4n) is 8.03. The van der Waals surface area contributed by atoms with E-state index in [0.29, 0.717) is 38.5 Å². The van der Waals surface area contributed by atoms with Crippen LogP contribution >= 0.6 is 0 Å². The van der Waals surface area contributed by atoms with Crippen molar-refractivity contribution in [1.29, 1.82) is 0 Å². The van der Waals surface area contributed by atoms with Crippen molar-refractivity contribution in [2.75, 3.05) is 20.5 Å². The van der Waals surface area contributed by atoms with Gasteiger partial charge in [0.15, 0.2) is 12.4 Å². The number of rotatable bonds is 8. The minimum absolute atomic E-state index is 0.0192. The molecule has 3 saturated carbocycles. The predicted molar refractivity (Wildman–Crippen MR) is 125 cm³/mol. The molecule has 0 amide bonds. The van der Waals surface area contributed by atoms with Crippen LogP contribution in [-0.2, 0) is 28.6 Å². The number of fused-ring (bicyclic) bond motifs is 5. The number of aliphatic hydroxyl groups excluding tert-OH is 1. The summed E-state index contributed by atoms with van der Waals surface area (Å²) >= 11 is 0. The molecular formula is C27H39FO7. The number of carbonyl (C=O) groups is 3. The Hall–Kier alpha value is -1.64. The molecule has 0 heterocycles. The van der Waals surface area contributed by atoms with Gasteiger partial charge in [-0.3, -0.25) is 14.4 Å². The van der Waals surface area contributed by atoms with Crippen molar-refractivity contribution in [1.82, 2.24) is 0 Å². The molecule has 35 heavy (non-hydrogen) atoms. The lowest BCUT2D eigenvalue weighted by atomic mass is 9.44. The van der Waals surface area contributed by atoms with E-state index in [2.05, 4.69) is 0 Å². The number of allylic oxidation sites excluding steroid dienone is 1. The Balaban J connectivity index is 1.69. The maximum Gasteiger partial charge on any atom is 0.306 e. The number of hydrogen-bond acceptors (Lipinski definition) is 7. The van der Waals surface area contributed by atoms with Gasteiger partial charge in [0, 0.05) is 36.7 Å². The second kappa shape index (κ2) is 9.34. The van der Waals surface area contributed by atoms with Gasteiger partial charge in [0.1, 0.15) is 18.1 Å². The van der Waals surface area contributed by atoms with Gasteiger partial charge >= 0.3 is 5.97 Å². The topological polar surface area (TPSA) is 99.1 Å². The normalized spacial score (nSPS) is 42.5. The summed E-state index contributed by atoms with van der Waals surface area (Å²) in [6.07, 6.45) is 3.82. The fraction of sp³-hybridized carbons (Fsp3) is 0.815. The third-order valence-electron chi connectivity index (χ3n) is 9.85. The summed E-state index contributed by atoms with van der Waals surface area (Å²) in [5.74, 6) is -1.48. The van der Waals surface area contributed by atoms with Crippen LogP contribution in [0.25, 0.3) is 0 Å². The van der Waals surface area contributed by atoms with E-state index in [1.54, 1.807) is 6.08 Å². The Bertz CT molecular complexity index is 917. The van der Waals surface area contributed by atoms with Crippen molar-refractivity contribution in [3.05, 3.63) is 11.6 Å². The van der Waals surface area contributed by atoms with Crippen molar-refractivity contribution in [3.8, 4) is 0 Å². The number of ether oxygens (including phenoxy) is 3. The van der Waals surface area contributed by atoms with E-state index in [9.17, 15) is 19.5 Å². The van der Waals surface area contributed by atoms with Gasteiger partial charge in [0.2, 0.25) is 5.78 Å². The van der Waals surface area contributed by atoms with Gasteiger partial charge in [0.25, 0.3) is 0 Å². The maximum atomic E-state index is 17.3. The van der Waals surface area contributed by atoms with Crippen molar-refractivity contribution < 1.29 is 38.1 Å². The van der Waals surface area contributed by atoms with Crippen LogP contribution in [0.3, 0.4) is 0 Å². The molecule has 196 valence electrons. The molecule has 3 fully saturated rings. The molecule has 0 aromatic carbocycles. The molecule has 0 saturated heterocycles. The molecule has 4 rings (SSSR count). The SMILES string of the molecule is CCCC(=O)OCC(=O)C1(OCOC)CC[C@H]2[C@@H]3CCC4=CC(=O)CC[C@]4(C)[C@@]3(F)[C@@H](O)C[C@@]21C. The molecule has 0 bridgehead atoms.